The molecule has 0 radical (unpaired) electrons. The second kappa shape index (κ2) is 8.06. The highest BCUT2D eigenvalue weighted by Gasteiger charge is 2.20. The van der Waals surface area contributed by atoms with E-state index >= 15 is 0 Å². The third-order valence-electron chi connectivity index (χ3n) is 4.46. The highest BCUT2D eigenvalue weighted by atomic mass is 79.9. The largest absolute Gasteiger partial charge is 0.316 e. The third kappa shape index (κ3) is 4.92. The van der Waals surface area contributed by atoms with E-state index in [9.17, 15) is 0 Å². The first-order valence-corrected chi connectivity index (χ1v) is 8.50. The molecular weight excluding hydrogens is 298 g/mol. The van der Waals surface area contributed by atoms with Crippen LogP contribution in [-0.4, -0.2) is 13.1 Å². The van der Waals surface area contributed by atoms with Gasteiger partial charge in [0.05, 0.1) is 0 Å². The van der Waals surface area contributed by atoms with Crippen LogP contribution < -0.4 is 5.32 Å². The zero-order chi connectivity index (χ0) is 13.5. The van der Waals surface area contributed by atoms with Crippen LogP contribution in [0.1, 0.15) is 50.5 Å². The maximum Gasteiger partial charge on any atom is 0.0175 e. The lowest BCUT2D eigenvalue weighted by Gasteiger charge is -2.28. The third-order valence-corrected chi connectivity index (χ3v) is 4.99. The number of hydrogen-bond acceptors (Lipinski definition) is 1. The van der Waals surface area contributed by atoms with E-state index in [4.69, 9.17) is 0 Å². The van der Waals surface area contributed by atoms with Crippen molar-refractivity contribution in [2.45, 2.75) is 57.4 Å². The molecule has 0 spiro atoms. The van der Waals surface area contributed by atoms with Gasteiger partial charge >= 0.3 is 0 Å². The summed E-state index contributed by atoms with van der Waals surface area (Å²) in [6.07, 6.45) is 11.1. The molecule has 1 aliphatic carbocycles. The lowest BCUT2D eigenvalue weighted by atomic mass is 9.83. The molecule has 1 aromatic rings. The monoisotopic (exact) mass is 323 g/mol. The Morgan fingerprint density at radius 1 is 1.05 bits per heavy atom. The fraction of sp³-hybridized carbons (Fsp3) is 0.647. The van der Waals surface area contributed by atoms with Crippen molar-refractivity contribution < 1.29 is 0 Å². The minimum atomic E-state index is 0.638. The summed E-state index contributed by atoms with van der Waals surface area (Å²) in [6, 6.07) is 9.44. The molecule has 0 bridgehead atoms. The van der Waals surface area contributed by atoms with E-state index in [1.807, 2.05) is 0 Å². The Kier molecular flexibility index (Phi) is 6.39. The zero-order valence-corrected chi connectivity index (χ0v) is 13.6. The Labute approximate surface area is 126 Å². The van der Waals surface area contributed by atoms with Gasteiger partial charge in [0.25, 0.3) is 0 Å². The van der Waals surface area contributed by atoms with Crippen LogP contribution in [0.3, 0.4) is 0 Å². The van der Waals surface area contributed by atoms with E-state index in [1.165, 1.54) is 55.0 Å². The number of likely N-dealkylation sites (N-methyl/N-ethyl adjacent to an activating group) is 1. The first-order valence-electron chi connectivity index (χ1n) is 7.71. The van der Waals surface area contributed by atoms with Crippen molar-refractivity contribution in [1.29, 1.82) is 0 Å². The van der Waals surface area contributed by atoms with Crippen molar-refractivity contribution in [3.63, 3.8) is 0 Å². The predicted octanol–water partition coefficient (Wildman–Crippen LogP) is 4.94. The molecule has 1 aliphatic rings. The van der Waals surface area contributed by atoms with Gasteiger partial charge in [0.15, 0.2) is 0 Å². The molecule has 106 valence electrons. The summed E-state index contributed by atoms with van der Waals surface area (Å²) in [5, 5.41) is 3.57. The first kappa shape index (κ1) is 15.1. The molecule has 1 N–H and O–H groups in total. The Morgan fingerprint density at radius 3 is 2.21 bits per heavy atom. The van der Waals surface area contributed by atoms with Gasteiger partial charge in [-0.1, -0.05) is 60.2 Å². The van der Waals surface area contributed by atoms with Crippen molar-refractivity contribution in [2.24, 2.45) is 5.92 Å². The van der Waals surface area contributed by atoms with Crippen molar-refractivity contribution in [1.82, 2.24) is 5.32 Å². The van der Waals surface area contributed by atoms with Gasteiger partial charge in [-0.25, -0.2) is 0 Å². The van der Waals surface area contributed by atoms with Crippen molar-refractivity contribution in [2.75, 3.05) is 7.05 Å². The molecule has 0 aromatic heterocycles. The highest BCUT2D eigenvalue weighted by Crippen LogP contribution is 2.26. The second-order valence-electron chi connectivity index (χ2n) is 5.83. The van der Waals surface area contributed by atoms with Gasteiger partial charge in [-0.15, -0.1) is 0 Å². The predicted molar refractivity (Wildman–Crippen MR) is 86.5 cm³/mol. The minimum absolute atomic E-state index is 0.638. The SMILES string of the molecule is CNC(Cc1ccc(Br)cc1)C1CCCCCCC1. The molecule has 1 fully saturated rings. The molecule has 19 heavy (non-hydrogen) atoms. The summed E-state index contributed by atoms with van der Waals surface area (Å²) in [4.78, 5) is 0. The summed E-state index contributed by atoms with van der Waals surface area (Å²) in [5.41, 5.74) is 1.45. The molecule has 0 saturated heterocycles. The average Bonchev–Trinajstić information content (AvgIpc) is 2.38. The molecule has 1 saturated carbocycles. The minimum Gasteiger partial charge on any atom is -0.316 e. The average molecular weight is 324 g/mol. The van der Waals surface area contributed by atoms with Crippen LogP contribution in [0.5, 0.6) is 0 Å². The molecule has 1 aromatic carbocycles. The fourth-order valence-corrected chi connectivity index (χ4v) is 3.53. The van der Waals surface area contributed by atoms with Crippen LogP contribution in [0.15, 0.2) is 28.7 Å². The molecular formula is C17H26BrN. The van der Waals surface area contributed by atoms with E-state index in [-0.39, 0.29) is 0 Å². The van der Waals surface area contributed by atoms with E-state index in [0.717, 1.165) is 12.3 Å². The quantitative estimate of drug-likeness (QED) is 0.827. The van der Waals surface area contributed by atoms with Crippen LogP contribution in [0, 0.1) is 5.92 Å². The molecule has 0 aliphatic heterocycles. The maximum atomic E-state index is 3.57. The number of benzene rings is 1. The van der Waals surface area contributed by atoms with E-state index in [0.29, 0.717) is 6.04 Å². The normalized spacial score (nSPS) is 19.7. The topological polar surface area (TPSA) is 12.0 Å². The molecule has 1 unspecified atom stereocenters. The fourth-order valence-electron chi connectivity index (χ4n) is 3.27. The highest BCUT2D eigenvalue weighted by molar-refractivity contribution is 9.10. The van der Waals surface area contributed by atoms with E-state index < -0.39 is 0 Å². The number of halogens is 1. The first-order chi connectivity index (χ1) is 9.29. The van der Waals surface area contributed by atoms with Gasteiger partial charge in [0, 0.05) is 10.5 Å². The van der Waals surface area contributed by atoms with Gasteiger partial charge in [0.1, 0.15) is 0 Å². The summed E-state index contributed by atoms with van der Waals surface area (Å²) in [5.74, 6) is 0.856. The molecule has 2 heteroatoms. The number of rotatable bonds is 4. The van der Waals surface area contributed by atoms with E-state index in [1.54, 1.807) is 0 Å². The van der Waals surface area contributed by atoms with Crippen LogP contribution in [0.25, 0.3) is 0 Å². The van der Waals surface area contributed by atoms with Crippen LogP contribution in [0.2, 0.25) is 0 Å². The number of nitrogens with one attached hydrogen (secondary N) is 1. The van der Waals surface area contributed by atoms with Crippen molar-refractivity contribution >= 4 is 15.9 Å². The van der Waals surface area contributed by atoms with Crippen molar-refractivity contribution in [3.05, 3.63) is 34.3 Å². The smallest absolute Gasteiger partial charge is 0.0175 e. The standard InChI is InChI=1S/C17H26BrN/c1-19-17(13-14-9-11-16(18)12-10-14)15-7-5-3-2-4-6-8-15/h9-12,15,17,19H,2-8,13H2,1H3. The molecule has 1 atom stereocenters. The van der Waals surface area contributed by atoms with Gasteiger partial charge < -0.3 is 5.32 Å². The number of hydrogen-bond donors (Lipinski definition) is 1. The zero-order valence-electron chi connectivity index (χ0n) is 12.0. The Balaban J connectivity index is 1.95. The summed E-state index contributed by atoms with van der Waals surface area (Å²) in [6.45, 7) is 0. The Hall–Kier alpha value is -0.340. The summed E-state index contributed by atoms with van der Waals surface area (Å²) < 4.78 is 1.17. The van der Waals surface area contributed by atoms with Crippen LogP contribution in [-0.2, 0) is 6.42 Å². The summed E-state index contributed by atoms with van der Waals surface area (Å²) >= 11 is 3.51. The van der Waals surface area contributed by atoms with Gasteiger partial charge in [0.2, 0.25) is 0 Å². The van der Waals surface area contributed by atoms with Crippen LogP contribution >= 0.6 is 15.9 Å². The Bertz CT molecular complexity index is 352. The lowest BCUT2D eigenvalue weighted by molar-refractivity contribution is 0.294. The van der Waals surface area contributed by atoms with Gasteiger partial charge in [-0.2, -0.15) is 0 Å². The van der Waals surface area contributed by atoms with Crippen LogP contribution in [0.4, 0.5) is 0 Å². The van der Waals surface area contributed by atoms with Crippen molar-refractivity contribution in [3.8, 4) is 0 Å². The maximum absolute atomic E-state index is 3.57. The molecule has 0 amide bonds. The van der Waals surface area contributed by atoms with Gasteiger partial charge in [-0.05, 0) is 49.9 Å². The second-order valence-corrected chi connectivity index (χ2v) is 6.75. The molecule has 2 rings (SSSR count). The molecule has 0 heterocycles. The van der Waals surface area contributed by atoms with Gasteiger partial charge in [-0.3, -0.25) is 0 Å². The van der Waals surface area contributed by atoms with E-state index in [2.05, 4.69) is 52.6 Å². The summed E-state index contributed by atoms with van der Waals surface area (Å²) in [7, 11) is 2.13. The molecule has 1 nitrogen and oxygen atoms in total. The lowest BCUT2D eigenvalue weighted by Crippen LogP contribution is -2.36. The Morgan fingerprint density at radius 2 is 1.63 bits per heavy atom.